The lowest BCUT2D eigenvalue weighted by molar-refractivity contribution is 0.660. The normalized spacial score (nSPS) is 23.6. The van der Waals surface area contributed by atoms with E-state index in [4.69, 9.17) is 37.3 Å². The van der Waals surface area contributed by atoms with E-state index >= 15 is 0 Å². The summed E-state index contributed by atoms with van der Waals surface area (Å²) in [6, 6.07) is -27.4. The van der Waals surface area contributed by atoms with Crippen LogP contribution in [0.4, 0.5) is 17.1 Å². The minimum atomic E-state index is -3.97. The van der Waals surface area contributed by atoms with Gasteiger partial charge in [-0.2, -0.15) is 0 Å². The molecule has 0 N–H and O–H groups in total. The number of anilines is 3. The van der Waals surface area contributed by atoms with Crippen molar-refractivity contribution >= 4 is 49.8 Å². The first-order valence-electron chi connectivity index (χ1n) is 28.6. The Kier molecular flexibility index (Phi) is 2.04. The van der Waals surface area contributed by atoms with E-state index in [1.54, 1.807) is 0 Å². The Labute approximate surface area is 306 Å². The highest BCUT2D eigenvalue weighted by Gasteiger charge is 2.35. The zero-order valence-corrected chi connectivity index (χ0v) is 22.4. The van der Waals surface area contributed by atoms with Gasteiger partial charge in [0.1, 0.15) is 11.2 Å². The number of benzene rings is 7. The molecule has 45 heavy (non-hydrogen) atoms. The molecule has 8 aromatic rings. The zero-order valence-electron chi connectivity index (χ0n) is 53.4. The van der Waals surface area contributed by atoms with E-state index < -0.39 is 253 Å². The number of furan rings is 1. The van der Waals surface area contributed by atoms with Crippen molar-refractivity contribution in [1.82, 2.24) is 0 Å². The van der Waals surface area contributed by atoms with Gasteiger partial charge in [-0.1, -0.05) is 116 Å². The maximum absolute atomic E-state index is 9.97. The lowest BCUT2D eigenvalue weighted by Crippen LogP contribution is -2.16. The third-order valence-corrected chi connectivity index (χ3v) is 7.26. The van der Waals surface area contributed by atoms with Crippen molar-refractivity contribution in [3.8, 4) is 22.3 Å². The molecule has 1 heterocycles. The summed E-state index contributed by atoms with van der Waals surface area (Å²) in [5, 5.41) is -2.79. The Hall–Kier alpha value is -5.60. The topological polar surface area (TPSA) is 16.4 Å². The van der Waals surface area contributed by atoms with Gasteiger partial charge >= 0.3 is 0 Å². The van der Waals surface area contributed by atoms with Gasteiger partial charge in [0.05, 0.1) is 34.3 Å². The average Bonchev–Trinajstić information content (AvgIpc) is 4.05. The van der Waals surface area contributed by atoms with Crippen molar-refractivity contribution in [2.24, 2.45) is 0 Å². The van der Waals surface area contributed by atoms with Crippen molar-refractivity contribution in [2.45, 2.75) is 19.1 Å². The van der Waals surface area contributed by atoms with E-state index in [1.807, 2.05) is 0 Å². The first-order valence-corrected chi connectivity index (χ1v) is 13.1. The van der Waals surface area contributed by atoms with Gasteiger partial charge in [-0.05, 0) is 87.1 Å². The summed E-state index contributed by atoms with van der Waals surface area (Å²) >= 11 is 0. The third kappa shape index (κ3) is 3.89. The Morgan fingerprint density at radius 1 is 0.511 bits per heavy atom. The maximum atomic E-state index is 9.97. The molecule has 7 aromatic carbocycles. The van der Waals surface area contributed by atoms with Crippen LogP contribution in [0.15, 0.2) is 155 Å². The van der Waals surface area contributed by atoms with Crippen molar-refractivity contribution in [3.05, 3.63) is 162 Å². The van der Waals surface area contributed by atoms with Crippen LogP contribution in [0.2, 0.25) is 0 Å². The molecule has 9 rings (SSSR count). The number of para-hydroxylation sites is 1. The molecule has 0 amide bonds. The van der Waals surface area contributed by atoms with Gasteiger partial charge in [-0.25, -0.2) is 0 Å². The highest BCUT2D eigenvalue weighted by atomic mass is 16.3. The van der Waals surface area contributed by atoms with Crippen LogP contribution in [-0.2, 0) is 5.41 Å². The van der Waals surface area contributed by atoms with Crippen molar-refractivity contribution in [3.63, 3.8) is 0 Å². The molecule has 1 aliphatic carbocycles. The zero-order chi connectivity index (χ0) is 56.9. The number of hydrogen-bond donors (Lipinski definition) is 0. The summed E-state index contributed by atoms with van der Waals surface area (Å²) in [5.41, 5.74) is -14.7. The molecule has 0 spiro atoms. The second-order valence-electron chi connectivity index (χ2n) is 9.77. The molecule has 0 atom stereocenters. The Morgan fingerprint density at radius 3 is 2.00 bits per heavy atom. The minimum absolute atomic E-state index is 0.263. The molecule has 0 fully saturated rings. The van der Waals surface area contributed by atoms with Crippen molar-refractivity contribution in [2.75, 3.05) is 4.90 Å². The fraction of sp³-hybridized carbons (Fsp3) is 0.0698. The first-order chi connectivity index (χ1) is 35.0. The largest absolute Gasteiger partial charge is 0.455 e. The Bertz CT molecular complexity index is 3970. The van der Waals surface area contributed by atoms with Gasteiger partial charge in [0, 0.05) is 46.9 Å². The summed E-state index contributed by atoms with van der Waals surface area (Å²) in [7, 11) is 0. The minimum Gasteiger partial charge on any atom is -0.455 e. The molecule has 2 nitrogen and oxygen atoms in total. The van der Waals surface area contributed by atoms with E-state index in [0.29, 0.717) is 0 Å². The van der Waals surface area contributed by atoms with E-state index in [9.17, 15) is 9.60 Å². The maximum Gasteiger partial charge on any atom is 0.143 e. The summed E-state index contributed by atoms with van der Waals surface area (Å²) < 4.78 is 283. The average molecular weight is 609 g/mol. The third-order valence-electron chi connectivity index (χ3n) is 7.26. The van der Waals surface area contributed by atoms with Crippen LogP contribution in [-0.4, -0.2) is 0 Å². The summed E-state index contributed by atoms with van der Waals surface area (Å²) in [5.74, 6) is 0. The molecule has 0 saturated carbocycles. The second-order valence-corrected chi connectivity index (χ2v) is 9.77. The van der Waals surface area contributed by atoms with Crippen LogP contribution < -0.4 is 4.90 Å². The lowest BCUT2D eigenvalue weighted by atomic mass is 9.82. The molecule has 0 aliphatic heterocycles. The molecule has 0 unspecified atom stereocenters. The predicted molar refractivity (Wildman–Crippen MR) is 189 cm³/mol. The Balaban J connectivity index is 1.58. The number of rotatable bonds is 4. The van der Waals surface area contributed by atoms with Crippen LogP contribution in [0.25, 0.3) is 55.0 Å². The molecule has 0 radical (unpaired) electrons. The molecule has 1 aliphatic rings. The number of fused-ring (bicyclic) bond motifs is 8. The molecule has 1 aromatic heterocycles. The molecular weight excluding hydrogens is 546 g/mol. The van der Waals surface area contributed by atoms with Gasteiger partial charge in [0.15, 0.2) is 0 Å². The molecule has 214 valence electrons. The SMILES string of the molecule is [2H]c1c([2H])c([2H])c(-c2c([2H])c3c(oc4c([2H])c([2H])c(N(c5c([2H])c([2H])c([2H])c([2H])c5[2H])c5c([2H])c([2H])c6c(c5[2H])C(C([2H])([2H])[2H])(C([2H])([2H])[2H])c5c([2H])c([2H])c([2H])c([2H])c5-6)c([2H])c43)c3c([2H])c([2H])c([2H])c([2H])c23)c([2H])c1[2H]. The van der Waals surface area contributed by atoms with E-state index in [1.165, 1.54) is 0 Å². The van der Waals surface area contributed by atoms with E-state index in [0.717, 1.165) is 0 Å². The standard InChI is InChI=1S/C43H31NO/c1-43(2)39-20-12-11-18-33(39)34-23-21-31(26-40(34)43)44(29-15-7-4-8-16-29)30-22-24-41-37(25-30)38-27-36(28-13-5-3-6-14-28)32-17-9-10-19-35(32)42(38)45-41/h3-27H,1-2H3/i1D3,2D3,3D,4D,5D,6D,7D,8D,9D,10D,11D,12D,13D,14D,15D,16D,17D,18D,19D,20D,21D,22D,23D,24D,25D,26D,27D. The second kappa shape index (κ2) is 9.70. The van der Waals surface area contributed by atoms with Gasteiger partial charge in [-0.3, -0.25) is 0 Å². The fourth-order valence-corrected chi connectivity index (χ4v) is 5.31. The van der Waals surface area contributed by atoms with Gasteiger partial charge in [-0.15, -0.1) is 0 Å². The van der Waals surface area contributed by atoms with Crippen LogP contribution in [0.1, 0.15) is 67.3 Å². The van der Waals surface area contributed by atoms with Crippen LogP contribution in [0.5, 0.6) is 0 Å². The van der Waals surface area contributed by atoms with E-state index in [-0.39, 0.29) is 4.90 Å². The smallest absolute Gasteiger partial charge is 0.143 e. The van der Waals surface area contributed by atoms with E-state index in [2.05, 4.69) is 0 Å². The van der Waals surface area contributed by atoms with Crippen LogP contribution in [0.3, 0.4) is 0 Å². The summed E-state index contributed by atoms with van der Waals surface area (Å²) in [6.45, 7) is -7.93. The van der Waals surface area contributed by atoms with Gasteiger partial charge < -0.3 is 9.32 Å². The highest BCUT2D eigenvalue weighted by molar-refractivity contribution is 6.19. The number of hydrogen-bond acceptors (Lipinski definition) is 2. The van der Waals surface area contributed by atoms with Crippen LogP contribution >= 0.6 is 0 Å². The fourth-order valence-electron chi connectivity index (χ4n) is 5.31. The van der Waals surface area contributed by atoms with Gasteiger partial charge in [0.25, 0.3) is 0 Å². The lowest BCUT2D eigenvalue weighted by Gasteiger charge is -2.28. The quantitative estimate of drug-likeness (QED) is 0.198. The van der Waals surface area contributed by atoms with Crippen molar-refractivity contribution < 1.29 is 46.9 Å². The molecule has 0 saturated heterocycles. The first kappa shape index (κ1) is 9.45. The monoisotopic (exact) mass is 608 g/mol. The van der Waals surface area contributed by atoms with Crippen LogP contribution in [0, 0.1) is 0 Å². The highest BCUT2D eigenvalue weighted by Crippen LogP contribution is 2.51. The molecular formula is C43H31NO. The number of nitrogens with zero attached hydrogens (tertiary/aromatic N) is 1. The molecule has 0 bridgehead atoms. The summed E-state index contributed by atoms with van der Waals surface area (Å²) in [6.07, 6.45) is 0. The molecule has 2 heteroatoms. The van der Waals surface area contributed by atoms with Gasteiger partial charge in [0.2, 0.25) is 0 Å². The summed E-state index contributed by atoms with van der Waals surface area (Å²) in [4.78, 5) is 0.263. The van der Waals surface area contributed by atoms with Crippen molar-refractivity contribution in [1.29, 1.82) is 0 Å². The Morgan fingerprint density at radius 2 is 1.18 bits per heavy atom. The predicted octanol–water partition coefficient (Wildman–Crippen LogP) is 12.2.